The highest BCUT2D eigenvalue weighted by atomic mass is 32.2. The predicted molar refractivity (Wildman–Crippen MR) is 55.0 cm³/mol. The quantitative estimate of drug-likeness (QED) is 0.728. The van der Waals surface area contributed by atoms with Crippen LogP contribution in [0, 0.1) is 16.7 Å². The molecule has 2 aliphatic carbocycles. The molecule has 4 nitrogen and oxygen atoms in total. The van der Waals surface area contributed by atoms with Gasteiger partial charge in [-0.1, -0.05) is 13.8 Å². The third-order valence-corrected chi connectivity index (χ3v) is 5.43. The summed E-state index contributed by atoms with van der Waals surface area (Å²) in [7, 11) is -4.08. The second-order valence-corrected chi connectivity index (χ2v) is 6.85. The van der Waals surface area contributed by atoms with Crippen LogP contribution in [0.4, 0.5) is 0 Å². The molecule has 5 heteroatoms. The summed E-state index contributed by atoms with van der Waals surface area (Å²) in [5.74, 6) is -0.101. The van der Waals surface area contributed by atoms with Gasteiger partial charge in [-0.3, -0.25) is 9.35 Å². The lowest BCUT2D eigenvalue weighted by molar-refractivity contribution is -0.128. The highest BCUT2D eigenvalue weighted by molar-refractivity contribution is 7.85. The first-order chi connectivity index (χ1) is 6.69. The number of fused-ring (bicyclic) bond motifs is 2. The van der Waals surface area contributed by atoms with Crippen LogP contribution >= 0.6 is 0 Å². The first-order valence-electron chi connectivity index (χ1n) is 5.17. The molecule has 0 spiro atoms. The predicted octanol–water partition coefficient (Wildman–Crippen LogP) is 1.27. The standard InChI is InChI=1S/C10H16O4S/c1-9(2)7-3-4-10(9,8(11)5-7)6-15(12,13)14/h7H,3-6H2,1-2H3,(H,12,13,14)/t7-,10?/m1/s1. The van der Waals surface area contributed by atoms with Gasteiger partial charge in [-0.05, 0) is 24.2 Å². The van der Waals surface area contributed by atoms with Gasteiger partial charge in [0.1, 0.15) is 5.78 Å². The molecule has 2 atom stereocenters. The average molecular weight is 232 g/mol. The molecule has 2 saturated carbocycles. The van der Waals surface area contributed by atoms with Crippen LogP contribution in [-0.2, 0) is 14.9 Å². The van der Waals surface area contributed by atoms with Crippen LogP contribution in [-0.4, -0.2) is 24.5 Å². The van der Waals surface area contributed by atoms with Gasteiger partial charge in [-0.2, -0.15) is 8.42 Å². The van der Waals surface area contributed by atoms with Gasteiger partial charge in [0.15, 0.2) is 0 Å². The Labute approximate surface area is 89.8 Å². The van der Waals surface area contributed by atoms with Crippen molar-refractivity contribution in [2.24, 2.45) is 16.7 Å². The lowest BCUT2D eigenvalue weighted by Crippen LogP contribution is -2.42. The Morgan fingerprint density at radius 1 is 1.47 bits per heavy atom. The summed E-state index contributed by atoms with van der Waals surface area (Å²) in [6.45, 7) is 3.89. The summed E-state index contributed by atoms with van der Waals surface area (Å²) in [4.78, 5) is 11.9. The fourth-order valence-corrected chi connectivity index (χ4v) is 4.72. The van der Waals surface area contributed by atoms with E-state index in [4.69, 9.17) is 4.55 Å². The van der Waals surface area contributed by atoms with Gasteiger partial charge >= 0.3 is 0 Å². The molecular formula is C10H16O4S. The molecule has 0 aliphatic heterocycles. The van der Waals surface area contributed by atoms with Gasteiger partial charge in [0.25, 0.3) is 10.1 Å². The lowest BCUT2D eigenvalue weighted by atomic mass is 9.70. The molecule has 2 bridgehead atoms. The van der Waals surface area contributed by atoms with Crippen molar-refractivity contribution >= 4 is 15.9 Å². The van der Waals surface area contributed by atoms with E-state index >= 15 is 0 Å². The number of rotatable bonds is 2. The van der Waals surface area contributed by atoms with Crippen LogP contribution in [0.1, 0.15) is 33.1 Å². The second-order valence-electron chi connectivity index (χ2n) is 5.39. The summed E-state index contributed by atoms with van der Waals surface area (Å²) >= 11 is 0. The van der Waals surface area contributed by atoms with Crippen molar-refractivity contribution in [1.82, 2.24) is 0 Å². The molecule has 86 valence electrons. The minimum Gasteiger partial charge on any atom is -0.299 e. The van der Waals surface area contributed by atoms with Crippen molar-refractivity contribution in [1.29, 1.82) is 0 Å². The molecule has 0 amide bonds. The van der Waals surface area contributed by atoms with Gasteiger partial charge in [0.2, 0.25) is 0 Å². The molecule has 2 aliphatic rings. The van der Waals surface area contributed by atoms with Crippen LogP contribution in [0.15, 0.2) is 0 Å². The van der Waals surface area contributed by atoms with Gasteiger partial charge < -0.3 is 0 Å². The van der Waals surface area contributed by atoms with Gasteiger partial charge in [0.05, 0.1) is 11.2 Å². The van der Waals surface area contributed by atoms with Gasteiger partial charge in [0, 0.05) is 6.42 Å². The number of hydrogen-bond acceptors (Lipinski definition) is 3. The van der Waals surface area contributed by atoms with Crippen molar-refractivity contribution in [3.63, 3.8) is 0 Å². The van der Waals surface area contributed by atoms with Crippen LogP contribution < -0.4 is 0 Å². The SMILES string of the molecule is CC1(C)[C@@H]2CCC1(CS(=O)(=O)O)C(=O)C2. The summed E-state index contributed by atoms with van der Waals surface area (Å²) in [6, 6.07) is 0. The van der Waals surface area contributed by atoms with E-state index in [9.17, 15) is 13.2 Å². The molecule has 2 rings (SSSR count). The maximum absolute atomic E-state index is 11.9. The first kappa shape index (κ1) is 11.1. The van der Waals surface area contributed by atoms with Crippen molar-refractivity contribution in [3.05, 3.63) is 0 Å². The maximum Gasteiger partial charge on any atom is 0.265 e. The lowest BCUT2D eigenvalue weighted by Gasteiger charge is -2.35. The van der Waals surface area contributed by atoms with Crippen molar-refractivity contribution in [2.75, 3.05) is 5.75 Å². The van der Waals surface area contributed by atoms with Crippen LogP contribution in [0.25, 0.3) is 0 Å². The number of ketones is 1. The fourth-order valence-electron chi connectivity index (χ4n) is 3.42. The number of Topliss-reactive ketones (excluding diaryl/α,β-unsaturated/α-hetero) is 1. The highest BCUT2D eigenvalue weighted by Gasteiger charge is 2.65. The van der Waals surface area contributed by atoms with E-state index < -0.39 is 21.3 Å². The molecule has 0 aromatic rings. The first-order valence-corrected chi connectivity index (χ1v) is 6.78. The molecule has 0 heterocycles. The average Bonchev–Trinajstić information content (AvgIpc) is 2.34. The molecule has 1 N–H and O–H groups in total. The Balaban J connectivity index is 2.45. The van der Waals surface area contributed by atoms with E-state index in [-0.39, 0.29) is 17.1 Å². The number of carbonyl (C=O) groups is 1. The van der Waals surface area contributed by atoms with Crippen LogP contribution in [0.3, 0.4) is 0 Å². The van der Waals surface area contributed by atoms with Crippen LogP contribution in [0.5, 0.6) is 0 Å². The fraction of sp³-hybridized carbons (Fsp3) is 0.900. The zero-order valence-corrected chi connectivity index (χ0v) is 9.80. The third kappa shape index (κ3) is 1.36. The molecule has 0 aromatic heterocycles. The largest absolute Gasteiger partial charge is 0.299 e. The van der Waals surface area contributed by atoms with E-state index in [1.165, 1.54) is 0 Å². The van der Waals surface area contributed by atoms with Crippen molar-refractivity contribution < 1.29 is 17.8 Å². The van der Waals surface area contributed by atoms with E-state index in [0.29, 0.717) is 12.8 Å². The molecule has 1 unspecified atom stereocenters. The number of hydrogen-bond donors (Lipinski definition) is 1. The summed E-state index contributed by atoms with van der Waals surface area (Å²) in [5, 5.41) is 0. The molecule has 0 aromatic carbocycles. The summed E-state index contributed by atoms with van der Waals surface area (Å²) in [6.07, 6.45) is 1.97. The Kier molecular flexibility index (Phi) is 2.09. The maximum atomic E-state index is 11.9. The van der Waals surface area contributed by atoms with E-state index in [0.717, 1.165) is 6.42 Å². The smallest absolute Gasteiger partial charge is 0.265 e. The van der Waals surface area contributed by atoms with E-state index in [1.807, 2.05) is 13.8 Å². The summed E-state index contributed by atoms with van der Waals surface area (Å²) < 4.78 is 31.0. The number of carbonyl (C=O) groups excluding carboxylic acids is 1. The zero-order chi connectivity index (χ0) is 11.5. The third-order valence-electron chi connectivity index (χ3n) is 4.57. The van der Waals surface area contributed by atoms with E-state index in [1.54, 1.807) is 0 Å². The van der Waals surface area contributed by atoms with Crippen molar-refractivity contribution in [2.45, 2.75) is 33.1 Å². The zero-order valence-electron chi connectivity index (χ0n) is 8.99. The van der Waals surface area contributed by atoms with E-state index in [2.05, 4.69) is 0 Å². The Bertz CT molecular complexity index is 409. The molecule has 2 fully saturated rings. The minimum atomic E-state index is -4.08. The Hall–Kier alpha value is -0.420. The Morgan fingerprint density at radius 3 is 2.40 bits per heavy atom. The normalized spacial score (nSPS) is 38.6. The molecule has 0 saturated heterocycles. The van der Waals surface area contributed by atoms with Gasteiger partial charge in [-0.15, -0.1) is 0 Å². The van der Waals surface area contributed by atoms with Crippen LogP contribution in [0.2, 0.25) is 0 Å². The topological polar surface area (TPSA) is 71.4 Å². The monoisotopic (exact) mass is 232 g/mol. The molecular weight excluding hydrogens is 216 g/mol. The van der Waals surface area contributed by atoms with Crippen molar-refractivity contribution in [3.8, 4) is 0 Å². The molecule has 15 heavy (non-hydrogen) atoms. The Morgan fingerprint density at radius 2 is 2.07 bits per heavy atom. The minimum absolute atomic E-state index is 0.0152. The highest BCUT2D eigenvalue weighted by Crippen LogP contribution is 2.64. The van der Waals surface area contributed by atoms with Gasteiger partial charge in [-0.25, -0.2) is 0 Å². The summed E-state index contributed by atoms with van der Waals surface area (Å²) in [5.41, 5.74) is -1.12. The second kappa shape index (κ2) is 2.83. The molecule has 0 radical (unpaired) electrons.